The summed E-state index contributed by atoms with van der Waals surface area (Å²) in [5, 5.41) is 0. The minimum atomic E-state index is -1.77. The molecule has 2 aromatic carbocycles. The first-order chi connectivity index (χ1) is 12.9. The predicted molar refractivity (Wildman–Crippen MR) is 112 cm³/mol. The molecule has 0 fully saturated rings. The molecule has 1 aliphatic heterocycles. The number of halogens is 3. The fraction of sp³-hybridized carbons (Fsp3) is 0.263. The van der Waals surface area contributed by atoms with E-state index in [9.17, 15) is 0 Å². The molecule has 0 atom stereocenters. The minimum absolute atomic E-state index is 0.820. The Morgan fingerprint density at radius 2 is 1.70 bits per heavy atom. The van der Waals surface area contributed by atoms with Gasteiger partial charge in [-0.15, -0.1) is 0 Å². The number of hydrogen-bond donors (Lipinski definition) is 0. The Morgan fingerprint density at radius 1 is 1.04 bits per heavy atom. The van der Waals surface area contributed by atoms with Gasteiger partial charge in [0.25, 0.3) is 0 Å². The van der Waals surface area contributed by atoms with Gasteiger partial charge in [-0.2, -0.15) is 0 Å². The number of rotatable bonds is 4. The zero-order valence-corrected chi connectivity index (χ0v) is 18.8. The standard InChI is InChI=1S/C19H20N4.3ClH.V/c1-22(12-15-11-14-7-3-4-8-16(14)20-15)13-19-21-17-9-5-6-10-18(17)23(19)2;;;;/h3-10H,11-13H2,1-2H3;3*1H;/q;;;;+3/p-3. The van der Waals surface area contributed by atoms with Crippen LogP contribution < -0.4 is 0 Å². The summed E-state index contributed by atoms with van der Waals surface area (Å²) in [6.45, 7) is 1.69. The van der Waals surface area contributed by atoms with Crippen molar-refractivity contribution in [2.75, 3.05) is 13.6 Å². The number of aryl methyl sites for hydroxylation is 1. The van der Waals surface area contributed by atoms with E-state index in [1.807, 2.05) is 6.07 Å². The van der Waals surface area contributed by atoms with Crippen molar-refractivity contribution >= 4 is 52.0 Å². The van der Waals surface area contributed by atoms with Crippen LogP contribution in [0.25, 0.3) is 11.0 Å². The van der Waals surface area contributed by atoms with Crippen molar-refractivity contribution in [3.05, 3.63) is 59.9 Å². The number of imidazole rings is 1. The maximum absolute atomic E-state index is 4.95. The van der Waals surface area contributed by atoms with Crippen molar-refractivity contribution < 1.29 is 12.3 Å². The number of benzene rings is 2. The van der Waals surface area contributed by atoms with Crippen molar-refractivity contribution in [1.82, 2.24) is 14.5 Å². The van der Waals surface area contributed by atoms with Crippen LogP contribution in [0.3, 0.4) is 0 Å². The van der Waals surface area contributed by atoms with Gasteiger partial charge in [-0.05, 0) is 30.8 Å². The fourth-order valence-corrected chi connectivity index (χ4v) is 3.24. The zero-order chi connectivity index (χ0) is 19.4. The molecule has 2 heterocycles. The van der Waals surface area contributed by atoms with E-state index in [0.717, 1.165) is 36.5 Å². The van der Waals surface area contributed by atoms with Gasteiger partial charge >= 0.3 is 41.8 Å². The van der Waals surface area contributed by atoms with Crippen molar-refractivity contribution in [2.45, 2.75) is 13.0 Å². The third-order valence-electron chi connectivity index (χ3n) is 4.41. The summed E-state index contributed by atoms with van der Waals surface area (Å²) in [4.78, 5) is 11.8. The Kier molecular flexibility index (Phi) is 7.26. The van der Waals surface area contributed by atoms with Crippen molar-refractivity contribution in [1.29, 1.82) is 0 Å². The number of hydrogen-bond acceptors (Lipinski definition) is 3. The Morgan fingerprint density at radius 3 is 2.41 bits per heavy atom. The molecular formula is C19H20Cl3N4V. The van der Waals surface area contributed by atoms with Gasteiger partial charge in [0.05, 0.1) is 23.3 Å². The number of para-hydroxylation sites is 3. The van der Waals surface area contributed by atoms with Gasteiger partial charge in [0.1, 0.15) is 5.82 Å². The average molecular weight is 462 g/mol. The SMILES string of the molecule is CN(CC1=Nc2ccccc2C1)Cc1nc2ccccc2n1C.[Cl][V]([Cl])[Cl]. The molecule has 0 N–H and O–H groups in total. The first-order valence-electron chi connectivity index (χ1n) is 8.44. The molecule has 142 valence electrons. The van der Waals surface area contributed by atoms with Crippen molar-refractivity contribution in [3.8, 4) is 0 Å². The van der Waals surface area contributed by atoms with Gasteiger partial charge in [0.15, 0.2) is 0 Å². The topological polar surface area (TPSA) is 33.4 Å². The van der Waals surface area contributed by atoms with Crippen LogP contribution in [0.5, 0.6) is 0 Å². The van der Waals surface area contributed by atoms with E-state index < -0.39 is 12.3 Å². The zero-order valence-electron chi connectivity index (χ0n) is 15.1. The molecule has 0 saturated heterocycles. The first-order valence-corrected chi connectivity index (χ1v) is 14.2. The first kappa shape index (κ1) is 20.7. The van der Waals surface area contributed by atoms with Gasteiger partial charge in [0.2, 0.25) is 0 Å². The number of fused-ring (bicyclic) bond motifs is 2. The Labute approximate surface area is 176 Å². The van der Waals surface area contributed by atoms with Gasteiger partial charge in [-0.25, -0.2) is 4.98 Å². The second-order valence-corrected chi connectivity index (χ2v) is 13.3. The van der Waals surface area contributed by atoms with Gasteiger partial charge in [-0.3, -0.25) is 9.89 Å². The van der Waals surface area contributed by atoms with Gasteiger partial charge in [-0.1, -0.05) is 30.3 Å². The van der Waals surface area contributed by atoms with E-state index in [1.165, 1.54) is 16.8 Å². The van der Waals surface area contributed by atoms with Crippen LogP contribution in [0.15, 0.2) is 53.5 Å². The van der Waals surface area contributed by atoms with E-state index >= 15 is 0 Å². The molecule has 3 aromatic rings. The summed E-state index contributed by atoms with van der Waals surface area (Å²) < 4.78 is 2.18. The van der Waals surface area contributed by atoms with Crippen LogP contribution in [-0.4, -0.2) is 33.8 Å². The third-order valence-corrected chi connectivity index (χ3v) is 4.41. The second-order valence-electron chi connectivity index (χ2n) is 6.42. The molecule has 27 heavy (non-hydrogen) atoms. The summed E-state index contributed by atoms with van der Waals surface area (Å²) in [5.74, 6) is 1.09. The van der Waals surface area contributed by atoms with E-state index in [4.69, 9.17) is 39.5 Å². The monoisotopic (exact) mass is 460 g/mol. The summed E-state index contributed by atoms with van der Waals surface area (Å²) in [7, 11) is 19.1. The molecule has 1 aliphatic rings. The molecule has 0 aliphatic carbocycles. The molecule has 0 spiro atoms. The van der Waals surface area contributed by atoms with Crippen molar-refractivity contribution in [3.63, 3.8) is 0 Å². The molecule has 0 unspecified atom stereocenters. The van der Waals surface area contributed by atoms with E-state index in [-0.39, 0.29) is 0 Å². The van der Waals surface area contributed by atoms with E-state index in [1.54, 1.807) is 0 Å². The predicted octanol–water partition coefficient (Wildman–Crippen LogP) is 5.40. The molecule has 0 saturated carbocycles. The summed E-state index contributed by atoms with van der Waals surface area (Å²) in [6.07, 6.45) is 0.961. The van der Waals surface area contributed by atoms with E-state index in [0.29, 0.717) is 0 Å². The van der Waals surface area contributed by atoms with Crippen LogP contribution in [-0.2, 0) is 32.3 Å². The normalized spacial score (nSPS) is 12.9. The molecule has 1 aromatic heterocycles. The maximum atomic E-state index is 4.95. The fourth-order valence-electron chi connectivity index (χ4n) is 3.24. The molecular weight excluding hydrogens is 442 g/mol. The Hall–Kier alpha value is -1.01. The number of aliphatic imine (C=N–C) groups is 1. The molecule has 0 bridgehead atoms. The van der Waals surface area contributed by atoms with Crippen LogP contribution >= 0.6 is 29.5 Å². The van der Waals surface area contributed by atoms with Crippen LogP contribution in [0.1, 0.15) is 11.4 Å². The molecule has 0 amide bonds. The van der Waals surface area contributed by atoms with Crippen LogP contribution in [0.2, 0.25) is 0 Å². The quantitative estimate of drug-likeness (QED) is 0.521. The summed E-state index contributed by atoms with van der Waals surface area (Å²) in [5.41, 5.74) is 5.93. The summed E-state index contributed by atoms with van der Waals surface area (Å²) in [6, 6.07) is 16.7. The molecule has 8 heteroatoms. The van der Waals surface area contributed by atoms with Crippen molar-refractivity contribution in [2.24, 2.45) is 12.0 Å². The van der Waals surface area contributed by atoms with Gasteiger partial charge in [0, 0.05) is 25.7 Å². The third kappa shape index (κ3) is 5.51. The van der Waals surface area contributed by atoms with Crippen LogP contribution in [0.4, 0.5) is 5.69 Å². The number of nitrogens with zero attached hydrogens (tertiary/aromatic N) is 4. The molecule has 0 radical (unpaired) electrons. The Balaban J connectivity index is 0.000000481. The average Bonchev–Trinajstić information content (AvgIpc) is 3.15. The molecule has 4 nitrogen and oxygen atoms in total. The van der Waals surface area contributed by atoms with Crippen LogP contribution in [0, 0.1) is 0 Å². The van der Waals surface area contributed by atoms with Gasteiger partial charge < -0.3 is 4.57 Å². The Bertz CT molecular complexity index is 952. The second kappa shape index (κ2) is 9.46. The molecule has 4 rings (SSSR count). The summed E-state index contributed by atoms with van der Waals surface area (Å²) >= 11 is -1.77. The number of aromatic nitrogens is 2. The van der Waals surface area contributed by atoms with E-state index in [2.05, 4.69) is 66.0 Å².